The fourth-order valence-corrected chi connectivity index (χ4v) is 1.85. The Balaban J connectivity index is 3.10. The van der Waals surface area contributed by atoms with E-state index in [-0.39, 0.29) is 12.0 Å². The minimum absolute atomic E-state index is 0.169. The molecule has 1 saturated heterocycles. The molecule has 0 aliphatic carbocycles. The zero-order chi connectivity index (χ0) is 13.7. The number of sulfone groups is 1. The third-order valence-corrected chi connectivity index (χ3v) is 2.72. The molecule has 1 heterocycles. The number of rotatable bonds is 1. The molecular formula is C9H19NO2S. The number of nitrogens with zero attached hydrogens (tertiary/aromatic N) is 1. The van der Waals surface area contributed by atoms with Gasteiger partial charge < -0.3 is 4.90 Å². The molecule has 0 aromatic carbocycles. The maximum atomic E-state index is 11.5. The average Bonchev–Trinajstić information content (AvgIpc) is 1.90. The molecule has 4 heteroatoms. The third kappa shape index (κ3) is 4.09. The van der Waals surface area contributed by atoms with E-state index in [4.69, 9.17) is 5.48 Å². The van der Waals surface area contributed by atoms with Gasteiger partial charge in [0.05, 0.1) is 11.5 Å². The lowest BCUT2D eigenvalue weighted by atomic mass is 9.96. The Kier molecular flexibility index (Phi) is 1.76. The number of hydrogen-bond donors (Lipinski definition) is 0. The summed E-state index contributed by atoms with van der Waals surface area (Å²) >= 11 is 0. The monoisotopic (exact) mass is 209 g/mol. The first-order valence-corrected chi connectivity index (χ1v) is 6.06. The largest absolute Gasteiger partial charge is 0.301 e. The molecule has 0 aromatic heterocycles. The van der Waals surface area contributed by atoms with Crippen molar-refractivity contribution in [1.29, 1.82) is 0 Å². The average molecular weight is 209 g/mol. The van der Waals surface area contributed by atoms with E-state index in [0.29, 0.717) is 0 Å². The highest BCUT2D eigenvalue weighted by Crippen LogP contribution is 2.16. The SMILES string of the molecule is [2H]C1([2H])CS(=O)(=O)CC([2H])([2H])N1CC(C)(C)C. The Hall–Kier alpha value is -0.0900. The van der Waals surface area contributed by atoms with Crippen LogP contribution in [0.25, 0.3) is 0 Å². The smallest absolute Gasteiger partial charge is 0.152 e. The van der Waals surface area contributed by atoms with Crippen molar-refractivity contribution in [3.63, 3.8) is 0 Å². The van der Waals surface area contributed by atoms with Crippen LogP contribution in [0.3, 0.4) is 0 Å². The first-order valence-electron chi connectivity index (χ1n) is 6.23. The summed E-state index contributed by atoms with van der Waals surface area (Å²) in [6, 6.07) is 0. The fourth-order valence-electron chi connectivity index (χ4n) is 1.05. The van der Waals surface area contributed by atoms with Gasteiger partial charge in [-0.2, -0.15) is 0 Å². The molecule has 13 heavy (non-hydrogen) atoms. The first-order chi connectivity index (χ1) is 7.25. The highest BCUT2D eigenvalue weighted by molar-refractivity contribution is 7.91. The molecule has 1 aliphatic heterocycles. The molecule has 0 radical (unpaired) electrons. The van der Waals surface area contributed by atoms with Crippen LogP contribution in [0, 0.1) is 5.41 Å². The van der Waals surface area contributed by atoms with Gasteiger partial charge in [0.1, 0.15) is 0 Å². The Morgan fingerprint density at radius 1 is 1.31 bits per heavy atom. The van der Waals surface area contributed by atoms with Crippen molar-refractivity contribution < 1.29 is 13.9 Å². The van der Waals surface area contributed by atoms with E-state index in [1.807, 2.05) is 20.8 Å². The second kappa shape index (κ2) is 3.58. The molecule has 0 amide bonds. The maximum absolute atomic E-state index is 11.5. The quantitative estimate of drug-likeness (QED) is 0.640. The molecule has 0 aromatic rings. The Morgan fingerprint density at radius 2 is 1.77 bits per heavy atom. The van der Waals surface area contributed by atoms with Gasteiger partial charge in [-0.3, -0.25) is 0 Å². The minimum Gasteiger partial charge on any atom is -0.301 e. The zero-order valence-corrected chi connectivity index (χ0v) is 9.11. The van der Waals surface area contributed by atoms with Crippen LogP contribution in [0.2, 0.25) is 0 Å². The predicted molar refractivity (Wildman–Crippen MR) is 54.5 cm³/mol. The highest BCUT2D eigenvalue weighted by atomic mass is 32.2. The van der Waals surface area contributed by atoms with Gasteiger partial charge in [0, 0.05) is 25.0 Å². The van der Waals surface area contributed by atoms with Crippen LogP contribution in [0.5, 0.6) is 0 Å². The van der Waals surface area contributed by atoms with Gasteiger partial charge in [-0.25, -0.2) is 8.42 Å². The Labute approximate surface area is 86.7 Å². The Bertz CT molecular complexity index is 376. The fraction of sp³-hybridized carbons (Fsp3) is 1.00. The van der Waals surface area contributed by atoms with Gasteiger partial charge in [-0.1, -0.05) is 20.8 Å². The third-order valence-electron chi connectivity index (χ3n) is 1.58. The van der Waals surface area contributed by atoms with E-state index < -0.39 is 34.3 Å². The Morgan fingerprint density at radius 3 is 2.15 bits per heavy atom. The summed E-state index contributed by atoms with van der Waals surface area (Å²) in [7, 11) is -3.68. The van der Waals surface area contributed by atoms with Crippen molar-refractivity contribution in [2.24, 2.45) is 5.41 Å². The molecule has 78 valence electrons. The van der Waals surface area contributed by atoms with E-state index in [9.17, 15) is 8.42 Å². The molecule has 0 unspecified atom stereocenters. The van der Waals surface area contributed by atoms with E-state index >= 15 is 0 Å². The summed E-state index contributed by atoms with van der Waals surface area (Å²) in [5.74, 6) is -1.29. The van der Waals surface area contributed by atoms with Crippen LogP contribution in [0.4, 0.5) is 0 Å². The lowest BCUT2D eigenvalue weighted by molar-refractivity contribution is 0.204. The number of hydrogen-bond acceptors (Lipinski definition) is 3. The molecule has 1 fully saturated rings. The van der Waals surface area contributed by atoms with Crippen molar-refractivity contribution in [3.05, 3.63) is 0 Å². The van der Waals surface area contributed by atoms with Crippen LogP contribution < -0.4 is 0 Å². The predicted octanol–water partition coefficient (Wildman–Crippen LogP) is 0.763. The first kappa shape index (κ1) is 6.40. The van der Waals surface area contributed by atoms with Gasteiger partial charge in [0.15, 0.2) is 9.84 Å². The molecule has 1 rings (SSSR count). The van der Waals surface area contributed by atoms with Gasteiger partial charge in [-0.05, 0) is 5.41 Å². The van der Waals surface area contributed by atoms with Crippen LogP contribution in [0.1, 0.15) is 26.3 Å². The topological polar surface area (TPSA) is 37.4 Å². The van der Waals surface area contributed by atoms with Crippen LogP contribution >= 0.6 is 0 Å². The second-order valence-electron chi connectivity index (χ2n) is 4.50. The van der Waals surface area contributed by atoms with E-state index in [1.54, 1.807) is 0 Å². The summed E-state index contributed by atoms with van der Waals surface area (Å²) in [6.45, 7) is 1.44. The summed E-state index contributed by atoms with van der Waals surface area (Å²) < 4.78 is 54.0. The molecule has 0 saturated carbocycles. The normalized spacial score (nSPS) is 36.8. The maximum Gasteiger partial charge on any atom is 0.152 e. The molecular weight excluding hydrogens is 186 g/mol. The standard InChI is InChI=1S/C9H19NO2S/c1-9(2,3)8-10-4-6-13(11,12)7-5-10/h4-8H2,1-3H3/i4D2,5D2. The lowest BCUT2D eigenvalue weighted by Crippen LogP contribution is -2.43. The summed E-state index contributed by atoms with van der Waals surface area (Å²) in [5.41, 5.74) is -0.304. The van der Waals surface area contributed by atoms with Gasteiger partial charge >= 0.3 is 0 Å². The van der Waals surface area contributed by atoms with Crippen LogP contribution in [-0.4, -0.2) is 44.4 Å². The minimum atomic E-state index is -3.68. The van der Waals surface area contributed by atoms with Crippen molar-refractivity contribution in [2.75, 3.05) is 31.0 Å². The van der Waals surface area contributed by atoms with Gasteiger partial charge in [-0.15, -0.1) is 0 Å². The molecule has 1 aliphatic rings. The van der Waals surface area contributed by atoms with Crippen molar-refractivity contribution >= 4 is 9.84 Å². The van der Waals surface area contributed by atoms with Crippen LogP contribution in [0.15, 0.2) is 0 Å². The van der Waals surface area contributed by atoms with Crippen molar-refractivity contribution in [1.82, 2.24) is 4.90 Å². The molecule has 0 N–H and O–H groups in total. The lowest BCUT2D eigenvalue weighted by Gasteiger charge is -2.32. The molecule has 0 bridgehead atoms. The zero-order valence-electron chi connectivity index (χ0n) is 12.3. The second-order valence-corrected chi connectivity index (χ2v) is 6.56. The van der Waals surface area contributed by atoms with E-state index in [0.717, 1.165) is 4.90 Å². The summed E-state index contributed by atoms with van der Waals surface area (Å²) in [6.07, 6.45) is 0. The highest BCUT2D eigenvalue weighted by Gasteiger charge is 2.24. The van der Waals surface area contributed by atoms with E-state index in [2.05, 4.69) is 0 Å². The van der Waals surface area contributed by atoms with Crippen molar-refractivity contribution in [3.8, 4) is 0 Å². The molecule has 0 atom stereocenters. The molecule has 3 nitrogen and oxygen atoms in total. The van der Waals surface area contributed by atoms with Crippen LogP contribution in [-0.2, 0) is 9.84 Å². The van der Waals surface area contributed by atoms with Crippen molar-refractivity contribution in [2.45, 2.75) is 20.8 Å². The summed E-state index contributed by atoms with van der Waals surface area (Å²) in [5, 5.41) is 0. The van der Waals surface area contributed by atoms with E-state index in [1.165, 1.54) is 0 Å². The molecule has 0 spiro atoms. The van der Waals surface area contributed by atoms with Gasteiger partial charge in [0.2, 0.25) is 0 Å². The summed E-state index contributed by atoms with van der Waals surface area (Å²) in [4.78, 5) is 1.03. The van der Waals surface area contributed by atoms with Gasteiger partial charge in [0.25, 0.3) is 0 Å².